The number of hydrogen-bond donors (Lipinski definition) is 3. The van der Waals surface area contributed by atoms with E-state index in [9.17, 15) is 4.79 Å². The molecule has 0 saturated heterocycles. The third-order valence-corrected chi connectivity index (χ3v) is 4.73. The molecule has 0 fully saturated rings. The molecule has 0 aliphatic heterocycles. The Morgan fingerprint density at radius 2 is 2.05 bits per heavy atom. The first-order valence-corrected chi connectivity index (χ1v) is 7.65. The van der Waals surface area contributed by atoms with Crippen molar-refractivity contribution in [2.45, 2.75) is 10.6 Å². The van der Waals surface area contributed by atoms with Crippen molar-refractivity contribution in [2.24, 2.45) is 5.84 Å². The molecule has 0 aromatic heterocycles. The fourth-order valence-corrected chi connectivity index (χ4v) is 3.28. The standard InChI is InChI=1S/C14H14BrN3OS/c15-12-7-11(16)4-5-13(12)20-8-9-2-1-3-10(6-9)14(19)18-17/h1-7H,8,16-17H2,(H,18,19). The van der Waals surface area contributed by atoms with Crippen molar-refractivity contribution in [3.8, 4) is 0 Å². The Balaban J connectivity index is 2.09. The molecule has 0 heterocycles. The van der Waals surface area contributed by atoms with E-state index in [0.717, 1.165) is 26.4 Å². The van der Waals surface area contributed by atoms with Crippen molar-refractivity contribution >= 4 is 39.3 Å². The molecule has 0 aliphatic rings. The van der Waals surface area contributed by atoms with Gasteiger partial charge in [-0.1, -0.05) is 12.1 Å². The predicted molar refractivity (Wildman–Crippen MR) is 86.2 cm³/mol. The molecule has 0 aliphatic carbocycles. The molecule has 2 rings (SSSR count). The van der Waals surface area contributed by atoms with Gasteiger partial charge in [0, 0.05) is 26.4 Å². The number of carbonyl (C=O) groups excluding carboxylic acids is 1. The second-order valence-electron chi connectivity index (χ2n) is 4.15. The van der Waals surface area contributed by atoms with Gasteiger partial charge < -0.3 is 5.73 Å². The summed E-state index contributed by atoms with van der Waals surface area (Å²) in [6, 6.07) is 13.1. The largest absolute Gasteiger partial charge is 0.399 e. The summed E-state index contributed by atoms with van der Waals surface area (Å²) >= 11 is 5.16. The van der Waals surface area contributed by atoms with Crippen molar-refractivity contribution < 1.29 is 4.79 Å². The number of benzene rings is 2. The van der Waals surface area contributed by atoms with E-state index in [-0.39, 0.29) is 5.91 Å². The molecule has 0 unspecified atom stereocenters. The number of hydrazine groups is 1. The van der Waals surface area contributed by atoms with Crippen LogP contribution in [0.25, 0.3) is 0 Å². The van der Waals surface area contributed by atoms with Crippen LogP contribution in [0.3, 0.4) is 0 Å². The van der Waals surface area contributed by atoms with Gasteiger partial charge in [-0.2, -0.15) is 0 Å². The van der Waals surface area contributed by atoms with E-state index in [1.54, 1.807) is 17.8 Å². The van der Waals surface area contributed by atoms with E-state index in [4.69, 9.17) is 11.6 Å². The van der Waals surface area contributed by atoms with E-state index in [0.29, 0.717) is 5.56 Å². The van der Waals surface area contributed by atoms with Gasteiger partial charge in [0.15, 0.2) is 0 Å². The number of carbonyl (C=O) groups is 1. The highest BCUT2D eigenvalue weighted by molar-refractivity contribution is 9.10. The Hall–Kier alpha value is -1.50. The third kappa shape index (κ3) is 3.75. The van der Waals surface area contributed by atoms with Crippen LogP contribution < -0.4 is 17.0 Å². The lowest BCUT2D eigenvalue weighted by Gasteiger charge is -2.07. The highest BCUT2D eigenvalue weighted by atomic mass is 79.9. The molecule has 0 radical (unpaired) electrons. The van der Waals surface area contributed by atoms with Crippen molar-refractivity contribution in [2.75, 3.05) is 5.73 Å². The molecule has 104 valence electrons. The molecule has 6 heteroatoms. The van der Waals surface area contributed by atoms with E-state index < -0.39 is 0 Å². The summed E-state index contributed by atoms with van der Waals surface area (Å²) < 4.78 is 0.971. The molecule has 0 saturated carbocycles. The van der Waals surface area contributed by atoms with Crippen LogP contribution in [0.2, 0.25) is 0 Å². The number of rotatable bonds is 4. The number of hydrogen-bond acceptors (Lipinski definition) is 4. The predicted octanol–water partition coefficient (Wildman–Crippen LogP) is 2.93. The summed E-state index contributed by atoms with van der Waals surface area (Å²) in [6.07, 6.45) is 0. The van der Waals surface area contributed by atoms with E-state index in [1.165, 1.54) is 0 Å². The van der Waals surface area contributed by atoms with Crippen molar-refractivity contribution in [3.05, 3.63) is 58.1 Å². The SMILES string of the molecule is NNC(=O)c1cccc(CSc2ccc(N)cc2Br)c1. The first-order valence-electron chi connectivity index (χ1n) is 5.88. The van der Waals surface area contributed by atoms with Crippen LogP contribution in [0.1, 0.15) is 15.9 Å². The van der Waals surface area contributed by atoms with Crippen LogP contribution >= 0.6 is 27.7 Å². The molecular weight excluding hydrogens is 338 g/mol. The summed E-state index contributed by atoms with van der Waals surface area (Å²) in [5, 5.41) is 0. The highest BCUT2D eigenvalue weighted by Crippen LogP contribution is 2.31. The van der Waals surface area contributed by atoms with Crippen LogP contribution in [0.5, 0.6) is 0 Å². The Labute approximate surface area is 130 Å². The minimum atomic E-state index is -0.287. The Bertz CT molecular complexity index is 634. The Morgan fingerprint density at radius 1 is 1.25 bits per heavy atom. The zero-order chi connectivity index (χ0) is 14.5. The number of nitrogen functional groups attached to an aromatic ring is 2. The van der Waals surface area contributed by atoms with Crippen LogP contribution in [0.4, 0.5) is 5.69 Å². The lowest BCUT2D eigenvalue weighted by atomic mass is 10.1. The average molecular weight is 352 g/mol. The summed E-state index contributed by atoms with van der Waals surface area (Å²) in [5.74, 6) is 5.60. The molecular formula is C14H14BrN3OS. The van der Waals surface area contributed by atoms with E-state index in [1.807, 2.05) is 36.4 Å². The number of amides is 1. The fourth-order valence-electron chi connectivity index (χ4n) is 1.68. The number of anilines is 1. The maximum Gasteiger partial charge on any atom is 0.265 e. The Morgan fingerprint density at radius 3 is 2.75 bits per heavy atom. The zero-order valence-corrected chi connectivity index (χ0v) is 13.0. The van der Waals surface area contributed by atoms with Crippen LogP contribution in [0, 0.1) is 0 Å². The van der Waals surface area contributed by atoms with Gasteiger partial charge in [0.05, 0.1) is 0 Å². The third-order valence-electron chi connectivity index (χ3n) is 2.67. The lowest BCUT2D eigenvalue weighted by molar-refractivity contribution is 0.0953. The second kappa shape index (κ2) is 6.78. The van der Waals surface area contributed by atoms with E-state index >= 15 is 0 Å². The molecule has 4 nitrogen and oxygen atoms in total. The average Bonchev–Trinajstić information content (AvgIpc) is 2.46. The summed E-state index contributed by atoms with van der Waals surface area (Å²) in [7, 11) is 0. The number of nitrogens with one attached hydrogen (secondary N) is 1. The van der Waals surface area contributed by atoms with E-state index in [2.05, 4.69) is 21.4 Å². The first-order chi connectivity index (χ1) is 9.60. The summed E-state index contributed by atoms with van der Waals surface area (Å²) in [4.78, 5) is 12.6. The minimum absolute atomic E-state index is 0.287. The van der Waals surface area contributed by atoms with Crippen molar-refractivity contribution in [3.63, 3.8) is 0 Å². The number of halogens is 1. The Kier molecular flexibility index (Phi) is 5.05. The molecule has 20 heavy (non-hydrogen) atoms. The van der Waals surface area contributed by atoms with Gasteiger partial charge in [0.2, 0.25) is 0 Å². The molecule has 0 spiro atoms. The second-order valence-corrected chi connectivity index (χ2v) is 6.02. The minimum Gasteiger partial charge on any atom is -0.399 e. The van der Waals surface area contributed by atoms with Gasteiger partial charge in [-0.3, -0.25) is 10.2 Å². The number of thioether (sulfide) groups is 1. The van der Waals surface area contributed by atoms with Crippen LogP contribution in [-0.4, -0.2) is 5.91 Å². The van der Waals surface area contributed by atoms with Crippen LogP contribution in [0.15, 0.2) is 51.8 Å². The van der Waals surface area contributed by atoms with Gasteiger partial charge >= 0.3 is 0 Å². The monoisotopic (exact) mass is 351 g/mol. The molecule has 0 bridgehead atoms. The van der Waals surface area contributed by atoms with Gasteiger partial charge in [-0.25, -0.2) is 5.84 Å². The molecule has 0 atom stereocenters. The van der Waals surface area contributed by atoms with Crippen molar-refractivity contribution in [1.29, 1.82) is 0 Å². The maximum absolute atomic E-state index is 11.5. The molecule has 1 amide bonds. The first kappa shape index (κ1) is 14.9. The van der Waals surface area contributed by atoms with Gasteiger partial charge in [0.25, 0.3) is 5.91 Å². The van der Waals surface area contributed by atoms with Gasteiger partial charge in [-0.05, 0) is 51.8 Å². The molecule has 2 aromatic carbocycles. The van der Waals surface area contributed by atoms with Crippen LogP contribution in [-0.2, 0) is 5.75 Å². The quantitative estimate of drug-likeness (QED) is 0.260. The smallest absolute Gasteiger partial charge is 0.265 e. The van der Waals surface area contributed by atoms with Crippen molar-refractivity contribution in [1.82, 2.24) is 5.43 Å². The van der Waals surface area contributed by atoms with Gasteiger partial charge in [-0.15, -0.1) is 11.8 Å². The zero-order valence-electron chi connectivity index (χ0n) is 10.6. The normalized spacial score (nSPS) is 10.3. The van der Waals surface area contributed by atoms with Gasteiger partial charge in [0.1, 0.15) is 0 Å². The number of nitrogens with two attached hydrogens (primary N) is 2. The fraction of sp³-hybridized carbons (Fsp3) is 0.0714. The molecule has 5 N–H and O–H groups in total. The topological polar surface area (TPSA) is 81.1 Å². The summed E-state index contributed by atoms with van der Waals surface area (Å²) in [6.45, 7) is 0. The summed E-state index contributed by atoms with van der Waals surface area (Å²) in [5.41, 5.74) is 10.2. The molecule has 2 aromatic rings. The maximum atomic E-state index is 11.5. The highest BCUT2D eigenvalue weighted by Gasteiger charge is 2.06. The lowest BCUT2D eigenvalue weighted by Crippen LogP contribution is -2.29.